The number of benzene rings is 3. The van der Waals surface area contributed by atoms with Crippen molar-refractivity contribution < 1.29 is 19.6 Å². The Morgan fingerprint density at radius 1 is 0.865 bits per heavy atom. The smallest absolute Gasteiger partial charge is 0.0942 e. The van der Waals surface area contributed by atoms with Crippen LogP contribution in [-0.4, -0.2) is 32.0 Å². The third-order valence-corrected chi connectivity index (χ3v) is 8.44. The summed E-state index contributed by atoms with van der Waals surface area (Å²) in [5.74, 6) is 0. The average Bonchev–Trinajstić information content (AvgIpc) is 2.91. The summed E-state index contributed by atoms with van der Waals surface area (Å²) in [6.45, 7) is 10.7. The molecule has 1 aliphatic rings. The Morgan fingerprint density at radius 2 is 1.49 bits per heavy atom. The van der Waals surface area contributed by atoms with Crippen molar-refractivity contribution in [2.75, 3.05) is 26.9 Å². The molecule has 0 spiro atoms. The predicted octanol–water partition coefficient (Wildman–Crippen LogP) is 7.20. The molecule has 0 atom stereocenters. The van der Waals surface area contributed by atoms with E-state index in [1.807, 2.05) is 0 Å². The lowest BCUT2D eigenvalue weighted by atomic mass is 9.69. The second kappa shape index (κ2) is 11.9. The first-order valence-electron chi connectivity index (χ1n) is 13.6. The summed E-state index contributed by atoms with van der Waals surface area (Å²) in [5.41, 5.74) is 9.03. The number of rotatable bonds is 10. The number of hydrogen-bond donors (Lipinski definition) is 1. The van der Waals surface area contributed by atoms with E-state index in [0.29, 0.717) is 32.7 Å². The van der Waals surface area contributed by atoms with Gasteiger partial charge < -0.3 is 9.84 Å². The third kappa shape index (κ3) is 5.68. The molecular formula is C33H42O4. The van der Waals surface area contributed by atoms with E-state index in [1.165, 1.54) is 40.5 Å². The van der Waals surface area contributed by atoms with Gasteiger partial charge in [0.2, 0.25) is 0 Å². The van der Waals surface area contributed by atoms with Crippen molar-refractivity contribution in [2.45, 2.75) is 70.8 Å². The predicted molar refractivity (Wildman–Crippen MR) is 150 cm³/mol. The second-order valence-electron chi connectivity index (χ2n) is 10.4. The fourth-order valence-corrected chi connectivity index (χ4v) is 6.07. The van der Waals surface area contributed by atoms with Crippen molar-refractivity contribution in [1.29, 1.82) is 0 Å². The molecule has 0 amide bonds. The van der Waals surface area contributed by atoms with Gasteiger partial charge in [0.05, 0.1) is 19.3 Å². The zero-order valence-corrected chi connectivity index (χ0v) is 23.1. The molecule has 1 N–H and O–H groups in total. The molecule has 0 aliphatic carbocycles. The van der Waals surface area contributed by atoms with Crippen LogP contribution in [0.15, 0.2) is 60.7 Å². The minimum Gasteiger partial charge on any atom is -0.385 e. The van der Waals surface area contributed by atoms with Crippen LogP contribution in [0.3, 0.4) is 0 Å². The Labute approximate surface area is 222 Å². The fraction of sp³-hybridized carbons (Fsp3) is 0.455. The van der Waals surface area contributed by atoms with Gasteiger partial charge in [-0.05, 0) is 77.6 Å². The molecule has 4 nitrogen and oxygen atoms in total. The van der Waals surface area contributed by atoms with Crippen LogP contribution in [0.4, 0.5) is 0 Å². The quantitative estimate of drug-likeness (QED) is 0.181. The van der Waals surface area contributed by atoms with Crippen LogP contribution >= 0.6 is 0 Å². The summed E-state index contributed by atoms with van der Waals surface area (Å²) >= 11 is 0. The number of hydrogen-bond acceptors (Lipinski definition) is 4. The minimum atomic E-state index is -0.785. The first kappa shape index (κ1) is 27.5. The van der Waals surface area contributed by atoms with Gasteiger partial charge in [0.15, 0.2) is 0 Å². The van der Waals surface area contributed by atoms with Crippen LogP contribution in [-0.2, 0) is 31.9 Å². The van der Waals surface area contributed by atoms with Crippen LogP contribution in [0, 0.1) is 13.8 Å². The Bertz CT molecular complexity index is 1170. The summed E-state index contributed by atoms with van der Waals surface area (Å²) in [6.07, 6.45) is 4.16. The molecule has 1 aliphatic heterocycles. The van der Waals surface area contributed by atoms with E-state index >= 15 is 0 Å². The molecule has 3 aromatic rings. The van der Waals surface area contributed by atoms with Gasteiger partial charge in [-0.15, -0.1) is 0 Å². The van der Waals surface area contributed by atoms with Crippen molar-refractivity contribution in [3.8, 4) is 11.1 Å². The molecule has 1 saturated heterocycles. The van der Waals surface area contributed by atoms with E-state index in [0.717, 1.165) is 30.4 Å². The van der Waals surface area contributed by atoms with E-state index < -0.39 is 5.60 Å². The van der Waals surface area contributed by atoms with Crippen molar-refractivity contribution >= 4 is 0 Å². The van der Waals surface area contributed by atoms with Gasteiger partial charge in [-0.25, -0.2) is 9.78 Å². The van der Waals surface area contributed by atoms with E-state index in [9.17, 15) is 5.11 Å². The minimum absolute atomic E-state index is 0.0733. The standard InChI is InChI=1S/C33H42O4/c1-6-32(7-2,29-13-15-31(25(4)23-29)33(34)17-20-36-21-18-33)28-12-14-30(24(3)22-28)27-10-8-26(9-11-27)16-19-37-35-5/h8-15,22-23,34H,6-7,16-21H2,1-5H3. The lowest BCUT2D eigenvalue weighted by molar-refractivity contribution is -0.271. The average molecular weight is 503 g/mol. The molecule has 37 heavy (non-hydrogen) atoms. The maximum absolute atomic E-state index is 11.3. The lowest BCUT2D eigenvalue weighted by Crippen LogP contribution is -2.34. The first-order chi connectivity index (χ1) is 17.9. The van der Waals surface area contributed by atoms with Crippen LogP contribution < -0.4 is 0 Å². The summed E-state index contributed by atoms with van der Waals surface area (Å²) < 4.78 is 5.51. The molecule has 4 heteroatoms. The van der Waals surface area contributed by atoms with E-state index in [2.05, 4.69) is 88.4 Å². The number of aliphatic hydroxyl groups is 1. The van der Waals surface area contributed by atoms with E-state index in [1.54, 1.807) is 0 Å². The molecule has 0 bridgehead atoms. The van der Waals surface area contributed by atoms with Crippen LogP contribution in [0.2, 0.25) is 0 Å². The van der Waals surface area contributed by atoms with Crippen molar-refractivity contribution in [1.82, 2.24) is 0 Å². The largest absolute Gasteiger partial charge is 0.385 e. The summed E-state index contributed by atoms with van der Waals surface area (Å²) in [4.78, 5) is 9.70. The van der Waals surface area contributed by atoms with Gasteiger partial charge in [0, 0.05) is 31.5 Å². The molecule has 0 aromatic heterocycles. The van der Waals surface area contributed by atoms with Crippen molar-refractivity contribution in [2.24, 2.45) is 0 Å². The number of ether oxygens (including phenoxy) is 1. The second-order valence-corrected chi connectivity index (χ2v) is 10.4. The van der Waals surface area contributed by atoms with Gasteiger partial charge in [0.1, 0.15) is 0 Å². The zero-order chi connectivity index (χ0) is 26.5. The molecule has 1 heterocycles. The maximum Gasteiger partial charge on any atom is 0.0942 e. The Hall–Kier alpha value is -2.50. The van der Waals surface area contributed by atoms with Gasteiger partial charge in [0.25, 0.3) is 0 Å². The highest BCUT2D eigenvalue weighted by Gasteiger charge is 2.35. The van der Waals surface area contributed by atoms with Crippen LogP contribution in [0.25, 0.3) is 11.1 Å². The molecule has 0 unspecified atom stereocenters. The van der Waals surface area contributed by atoms with Crippen molar-refractivity contribution in [3.05, 3.63) is 94.0 Å². The zero-order valence-electron chi connectivity index (χ0n) is 23.1. The molecular weight excluding hydrogens is 460 g/mol. The summed E-state index contributed by atoms with van der Waals surface area (Å²) in [7, 11) is 1.54. The summed E-state index contributed by atoms with van der Waals surface area (Å²) in [6, 6.07) is 22.4. The summed E-state index contributed by atoms with van der Waals surface area (Å²) in [5, 5.41) is 11.3. The maximum atomic E-state index is 11.3. The van der Waals surface area contributed by atoms with Crippen LogP contribution in [0.5, 0.6) is 0 Å². The molecule has 0 saturated carbocycles. The van der Waals surface area contributed by atoms with E-state index in [4.69, 9.17) is 14.5 Å². The fourth-order valence-electron chi connectivity index (χ4n) is 6.07. The number of aryl methyl sites for hydroxylation is 2. The normalized spacial score (nSPS) is 15.6. The molecule has 1 fully saturated rings. The Morgan fingerprint density at radius 3 is 2.05 bits per heavy atom. The molecule has 198 valence electrons. The lowest BCUT2D eigenvalue weighted by Gasteiger charge is -2.37. The van der Waals surface area contributed by atoms with E-state index in [-0.39, 0.29) is 5.41 Å². The molecule has 3 aromatic carbocycles. The molecule has 4 rings (SSSR count). The third-order valence-electron chi connectivity index (χ3n) is 8.44. The highest BCUT2D eigenvalue weighted by molar-refractivity contribution is 5.68. The van der Waals surface area contributed by atoms with Crippen molar-refractivity contribution in [3.63, 3.8) is 0 Å². The Kier molecular flexibility index (Phi) is 8.86. The van der Waals surface area contributed by atoms with Gasteiger partial charge >= 0.3 is 0 Å². The van der Waals surface area contributed by atoms with Gasteiger partial charge in [-0.3, -0.25) is 0 Å². The van der Waals surface area contributed by atoms with Crippen LogP contribution in [0.1, 0.15) is 72.9 Å². The first-order valence-corrected chi connectivity index (χ1v) is 13.6. The SMILES string of the molecule is CCC(CC)(c1ccc(-c2ccc(CCOOC)cc2)c(C)c1)c1ccc(C2(O)CCOCC2)c(C)c1. The van der Waals surface area contributed by atoms with Gasteiger partial charge in [-0.2, -0.15) is 0 Å². The molecule has 0 radical (unpaired) electrons. The monoisotopic (exact) mass is 502 g/mol. The highest BCUT2D eigenvalue weighted by Crippen LogP contribution is 2.42. The Balaban J connectivity index is 1.63. The highest BCUT2D eigenvalue weighted by atomic mass is 17.2. The topological polar surface area (TPSA) is 47.9 Å². The van der Waals surface area contributed by atoms with Gasteiger partial charge in [-0.1, -0.05) is 74.5 Å².